The summed E-state index contributed by atoms with van der Waals surface area (Å²) in [6.07, 6.45) is 1.50. The fourth-order valence-corrected chi connectivity index (χ4v) is 2.24. The van der Waals surface area contributed by atoms with Gasteiger partial charge in [-0.25, -0.2) is 0 Å². The van der Waals surface area contributed by atoms with Crippen molar-refractivity contribution in [3.63, 3.8) is 0 Å². The zero-order chi connectivity index (χ0) is 11.7. The Kier molecular flexibility index (Phi) is 2.99. The Balaban J connectivity index is 2.55. The number of aryl methyl sites for hydroxylation is 1. The van der Waals surface area contributed by atoms with Gasteiger partial charge in [0.2, 0.25) is 0 Å². The molecule has 1 aliphatic rings. The first kappa shape index (κ1) is 11.2. The number of hydrogen-bond acceptors (Lipinski definition) is 2. The second-order valence-corrected chi connectivity index (χ2v) is 4.63. The normalized spacial score (nSPS) is 14.9. The smallest absolute Gasteiger partial charge is 0.174 e. The number of carbonyl (C=O) groups excluding carboxylic acids is 1. The number of carbonyl (C=O) groups is 1. The van der Waals surface area contributed by atoms with E-state index >= 15 is 0 Å². The molecule has 0 saturated heterocycles. The average molecular weight is 218 g/mol. The highest BCUT2D eigenvalue weighted by Crippen LogP contribution is 2.35. The van der Waals surface area contributed by atoms with E-state index in [1.807, 2.05) is 0 Å². The lowest BCUT2D eigenvalue weighted by Gasteiger charge is -2.23. The van der Waals surface area contributed by atoms with E-state index in [1.54, 1.807) is 0 Å². The van der Waals surface area contributed by atoms with Crippen molar-refractivity contribution in [2.75, 3.05) is 6.61 Å². The summed E-state index contributed by atoms with van der Waals surface area (Å²) in [5.74, 6) is 1.59. The highest BCUT2D eigenvalue weighted by atomic mass is 16.5. The van der Waals surface area contributed by atoms with E-state index in [9.17, 15) is 4.79 Å². The fourth-order valence-electron chi connectivity index (χ4n) is 2.24. The number of fused-ring (bicyclic) bond motifs is 1. The molecule has 0 saturated carbocycles. The molecule has 16 heavy (non-hydrogen) atoms. The third kappa shape index (κ3) is 1.84. The lowest BCUT2D eigenvalue weighted by molar-refractivity contribution is -0.121. The van der Waals surface area contributed by atoms with Crippen LogP contribution in [0.4, 0.5) is 0 Å². The summed E-state index contributed by atoms with van der Waals surface area (Å²) in [5, 5.41) is 0. The number of ether oxygens (including phenoxy) is 1. The maximum absolute atomic E-state index is 11.5. The zero-order valence-corrected chi connectivity index (χ0v) is 10.2. The molecule has 1 aliphatic heterocycles. The molecule has 86 valence electrons. The molecule has 0 aromatic heterocycles. The van der Waals surface area contributed by atoms with E-state index in [0.29, 0.717) is 12.3 Å². The van der Waals surface area contributed by atoms with Crippen LogP contribution in [-0.2, 0) is 17.6 Å². The first-order valence-electron chi connectivity index (χ1n) is 5.92. The standard InChI is InChI=1S/C14H18O2/c1-4-10-5-6-12(9(2)3)14-13(10)7-11(15)8-16-14/h5-6,9H,4,7-8H2,1-3H3. The number of ketones is 1. The van der Waals surface area contributed by atoms with Gasteiger partial charge in [0.05, 0.1) is 0 Å². The monoisotopic (exact) mass is 218 g/mol. The van der Waals surface area contributed by atoms with Crippen molar-refractivity contribution in [2.45, 2.75) is 39.5 Å². The predicted octanol–water partition coefficient (Wildman–Crippen LogP) is 2.88. The van der Waals surface area contributed by atoms with Gasteiger partial charge in [0.15, 0.2) is 5.78 Å². The minimum Gasteiger partial charge on any atom is -0.485 e. The van der Waals surface area contributed by atoms with Crippen LogP contribution in [0.25, 0.3) is 0 Å². The van der Waals surface area contributed by atoms with Crippen LogP contribution in [0.15, 0.2) is 12.1 Å². The molecular weight excluding hydrogens is 200 g/mol. The molecule has 2 rings (SSSR count). The Hall–Kier alpha value is -1.31. The first-order valence-corrected chi connectivity index (χ1v) is 5.92. The zero-order valence-electron chi connectivity index (χ0n) is 10.2. The van der Waals surface area contributed by atoms with Crippen LogP contribution in [0.2, 0.25) is 0 Å². The van der Waals surface area contributed by atoms with Gasteiger partial charge in [0, 0.05) is 12.0 Å². The molecule has 1 aromatic carbocycles. The van der Waals surface area contributed by atoms with Crippen molar-refractivity contribution in [2.24, 2.45) is 0 Å². The van der Waals surface area contributed by atoms with Gasteiger partial charge in [-0.2, -0.15) is 0 Å². The van der Waals surface area contributed by atoms with Crippen LogP contribution in [0.3, 0.4) is 0 Å². The van der Waals surface area contributed by atoms with Crippen LogP contribution in [0.5, 0.6) is 5.75 Å². The van der Waals surface area contributed by atoms with Gasteiger partial charge in [0.1, 0.15) is 12.4 Å². The Morgan fingerprint density at radius 2 is 2.12 bits per heavy atom. The second kappa shape index (κ2) is 4.28. The maximum Gasteiger partial charge on any atom is 0.174 e. The summed E-state index contributed by atoms with van der Waals surface area (Å²) < 4.78 is 5.62. The molecule has 0 atom stereocenters. The van der Waals surface area contributed by atoms with Crippen LogP contribution in [-0.4, -0.2) is 12.4 Å². The van der Waals surface area contributed by atoms with E-state index in [4.69, 9.17) is 4.74 Å². The van der Waals surface area contributed by atoms with Crippen molar-refractivity contribution >= 4 is 5.78 Å². The Bertz CT molecular complexity index is 419. The predicted molar refractivity (Wildman–Crippen MR) is 64.1 cm³/mol. The van der Waals surface area contributed by atoms with E-state index in [2.05, 4.69) is 32.9 Å². The molecule has 2 nitrogen and oxygen atoms in total. The van der Waals surface area contributed by atoms with Crippen LogP contribution >= 0.6 is 0 Å². The molecule has 0 bridgehead atoms. The highest BCUT2D eigenvalue weighted by molar-refractivity contribution is 5.85. The summed E-state index contributed by atoms with van der Waals surface area (Å²) in [4.78, 5) is 11.5. The van der Waals surface area contributed by atoms with Crippen molar-refractivity contribution in [1.29, 1.82) is 0 Å². The van der Waals surface area contributed by atoms with Crippen LogP contribution in [0, 0.1) is 0 Å². The Morgan fingerprint density at radius 3 is 2.75 bits per heavy atom. The quantitative estimate of drug-likeness (QED) is 0.763. The molecular formula is C14H18O2. The van der Waals surface area contributed by atoms with Crippen molar-refractivity contribution < 1.29 is 9.53 Å². The maximum atomic E-state index is 11.5. The van der Waals surface area contributed by atoms with E-state index in [1.165, 1.54) is 11.1 Å². The summed E-state index contributed by atoms with van der Waals surface area (Å²) >= 11 is 0. The molecule has 0 radical (unpaired) electrons. The van der Waals surface area contributed by atoms with Gasteiger partial charge < -0.3 is 4.74 Å². The molecule has 2 heteroatoms. The van der Waals surface area contributed by atoms with Crippen LogP contribution in [0.1, 0.15) is 43.4 Å². The topological polar surface area (TPSA) is 26.3 Å². The molecule has 1 aromatic rings. The third-order valence-corrected chi connectivity index (χ3v) is 3.14. The molecule has 0 aliphatic carbocycles. The number of hydrogen-bond donors (Lipinski definition) is 0. The van der Waals surface area contributed by atoms with E-state index in [-0.39, 0.29) is 12.4 Å². The van der Waals surface area contributed by atoms with Gasteiger partial charge >= 0.3 is 0 Å². The van der Waals surface area contributed by atoms with Gasteiger partial charge in [-0.1, -0.05) is 32.9 Å². The largest absolute Gasteiger partial charge is 0.485 e. The number of Topliss-reactive ketones (excluding diaryl/α,β-unsaturated/α-hetero) is 1. The SMILES string of the molecule is CCc1ccc(C(C)C)c2c1CC(=O)CO2. The van der Waals surface area contributed by atoms with Crippen molar-refractivity contribution in [3.05, 3.63) is 28.8 Å². The highest BCUT2D eigenvalue weighted by Gasteiger charge is 2.23. The minimum atomic E-state index is 0.183. The summed E-state index contributed by atoms with van der Waals surface area (Å²) in [6, 6.07) is 4.27. The fraction of sp³-hybridized carbons (Fsp3) is 0.500. The average Bonchev–Trinajstić information content (AvgIpc) is 2.27. The first-order chi connectivity index (χ1) is 7.63. The lowest BCUT2D eigenvalue weighted by atomic mass is 9.91. The third-order valence-electron chi connectivity index (χ3n) is 3.14. The van der Waals surface area contributed by atoms with Gasteiger partial charge in [-0.3, -0.25) is 4.79 Å². The molecule has 1 heterocycles. The Morgan fingerprint density at radius 1 is 1.38 bits per heavy atom. The summed E-state index contributed by atoms with van der Waals surface area (Å²) in [5.41, 5.74) is 3.58. The second-order valence-electron chi connectivity index (χ2n) is 4.63. The van der Waals surface area contributed by atoms with Crippen LogP contribution < -0.4 is 4.74 Å². The van der Waals surface area contributed by atoms with E-state index in [0.717, 1.165) is 17.7 Å². The summed E-state index contributed by atoms with van der Waals surface area (Å²) in [7, 11) is 0. The molecule has 0 N–H and O–H groups in total. The number of rotatable bonds is 2. The summed E-state index contributed by atoms with van der Waals surface area (Å²) in [6.45, 7) is 6.66. The van der Waals surface area contributed by atoms with Gasteiger partial charge in [-0.15, -0.1) is 0 Å². The lowest BCUT2D eigenvalue weighted by Crippen LogP contribution is -2.22. The Labute approximate surface area is 96.6 Å². The van der Waals surface area contributed by atoms with E-state index < -0.39 is 0 Å². The minimum absolute atomic E-state index is 0.183. The van der Waals surface area contributed by atoms with Crippen molar-refractivity contribution in [3.8, 4) is 5.75 Å². The van der Waals surface area contributed by atoms with Gasteiger partial charge in [-0.05, 0) is 23.5 Å². The molecule has 0 unspecified atom stereocenters. The molecule has 0 fully saturated rings. The number of benzene rings is 1. The molecule has 0 amide bonds. The molecule has 0 spiro atoms. The van der Waals surface area contributed by atoms with Crippen molar-refractivity contribution in [1.82, 2.24) is 0 Å². The van der Waals surface area contributed by atoms with Gasteiger partial charge in [0.25, 0.3) is 0 Å².